The molecule has 2 aromatic rings. The van der Waals surface area contributed by atoms with Gasteiger partial charge in [0.1, 0.15) is 0 Å². The van der Waals surface area contributed by atoms with Crippen LogP contribution in [0.1, 0.15) is 19.3 Å². The van der Waals surface area contributed by atoms with Crippen LogP contribution in [0.25, 0.3) is 10.8 Å². The highest BCUT2D eigenvalue weighted by Gasteiger charge is 2.35. The number of fused-ring (bicyclic) bond motifs is 1. The molecule has 2 aliphatic heterocycles. The van der Waals surface area contributed by atoms with E-state index in [4.69, 9.17) is 11.6 Å². The van der Waals surface area contributed by atoms with Gasteiger partial charge >= 0.3 is 0 Å². The first-order valence-corrected chi connectivity index (χ1v) is 11.3. The number of hydrogen-bond acceptors (Lipinski definition) is 5. The van der Waals surface area contributed by atoms with Gasteiger partial charge in [0, 0.05) is 55.3 Å². The number of carbonyl (C=O) groups excluding carboxylic acids is 2. The van der Waals surface area contributed by atoms with Crippen LogP contribution in [-0.4, -0.2) is 66.6 Å². The molecule has 0 bridgehead atoms. The van der Waals surface area contributed by atoms with Gasteiger partial charge in [-0.05, 0) is 18.9 Å². The van der Waals surface area contributed by atoms with E-state index in [-0.39, 0.29) is 40.9 Å². The molecule has 0 saturated carbocycles. The molecule has 2 saturated heterocycles. The normalized spacial score (nSPS) is 20.5. The monoisotopic (exact) mass is 436 g/mol. The highest BCUT2D eigenvalue weighted by Crippen LogP contribution is 2.32. The van der Waals surface area contributed by atoms with Gasteiger partial charge in [-0.15, -0.1) is 0 Å². The molecule has 2 amide bonds. The van der Waals surface area contributed by atoms with Crippen molar-refractivity contribution in [2.24, 2.45) is 0 Å². The number of benzene rings is 1. The average Bonchev–Trinajstić information content (AvgIpc) is 3.31. The molecule has 1 aromatic carbocycles. The van der Waals surface area contributed by atoms with Gasteiger partial charge in [-0.25, -0.2) is 8.42 Å². The highest BCUT2D eigenvalue weighted by atomic mass is 35.5. The van der Waals surface area contributed by atoms with Crippen molar-refractivity contribution < 1.29 is 18.0 Å². The molecule has 8 nitrogen and oxygen atoms in total. The summed E-state index contributed by atoms with van der Waals surface area (Å²) in [5, 5.41) is 4.23. The van der Waals surface area contributed by atoms with Crippen LogP contribution < -0.4 is 5.32 Å². The van der Waals surface area contributed by atoms with Crippen molar-refractivity contribution in [1.29, 1.82) is 0 Å². The lowest BCUT2D eigenvalue weighted by Crippen LogP contribution is -2.44. The van der Waals surface area contributed by atoms with Crippen molar-refractivity contribution in [2.45, 2.75) is 30.2 Å². The fourth-order valence-corrected chi connectivity index (χ4v) is 5.95. The number of rotatable bonds is 5. The molecule has 2 aliphatic rings. The summed E-state index contributed by atoms with van der Waals surface area (Å²) in [6.45, 7) is 1.10. The minimum absolute atomic E-state index is 0.0156. The molecular weight excluding hydrogens is 416 g/mol. The van der Waals surface area contributed by atoms with E-state index in [0.29, 0.717) is 36.7 Å². The molecule has 1 atom stereocenters. The zero-order valence-electron chi connectivity index (χ0n) is 15.7. The Morgan fingerprint density at radius 2 is 2.10 bits per heavy atom. The molecule has 0 spiro atoms. The number of pyridine rings is 1. The maximum atomic E-state index is 13.2. The Labute approximate surface area is 173 Å². The number of halogens is 1. The second-order valence-corrected chi connectivity index (χ2v) is 9.62. The van der Waals surface area contributed by atoms with Crippen LogP contribution >= 0.6 is 11.6 Å². The average molecular weight is 437 g/mol. The van der Waals surface area contributed by atoms with Gasteiger partial charge in [0.2, 0.25) is 21.8 Å². The first-order valence-electron chi connectivity index (χ1n) is 9.46. The van der Waals surface area contributed by atoms with Crippen LogP contribution in [0.15, 0.2) is 35.5 Å². The first kappa shape index (κ1) is 20.1. The molecule has 4 rings (SSSR count). The van der Waals surface area contributed by atoms with Crippen molar-refractivity contribution in [2.75, 3.05) is 26.2 Å². The molecule has 1 unspecified atom stereocenters. The smallest absolute Gasteiger partial charge is 0.243 e. The number of sulfonamides is 1. The molecule has 154 valence electrons. The molecule has 0 aliphatic carbocycles. The molecule has 2 fully saturated rings. The van der Waals surface area contributed by atoms with Crippen LogP contribution in [0, 0.1) is 0 Å². The summed E-state index contributed by atoms with van der Waals surface area (Å²) in [5.74, 6) is -0.276. The summed E-state index contributed by atoms with van der Waals surface area (Å²) in [4.78, 5) is 29.6. The van der Waals surface area contributed by atoms with E-state index in [2.05, 4.69) is 10.3 Å². The van der Waals surface area contributed by atoms with Crippen molar-refractivity contribution in [3.8, 4) is 0 Å². The molecule has 0 radical (unpaired) electrons. The third-order valence-corrected chi connectivity index (χ3v) is 7.53. The number of aromatic nitrogens is 1. The van der Waals surface area contributed by atoms with E-state index in [1.54, 1.807) is 18.3 Å². The quantitative estimate of drug-likeness (QED) is 0.763. The van der Waals surface area contributed by atoms with Crippen molar-refractivity contribution in [3.05, 3.63) is 35.6 Å². The van der Waals surface area contributed by atoms with Crippen LogP contribution in [-0.2, 0) is 19.6 Å². The fraction of sp³-hybridized carbons (Fsp3) is 0.421. The van der Waals surface area contributed by atoms with Gasteiger partial charge < -0.3 is 10.2 Å². The number of carbonyl (C=O) groups is 2. The topological polar surface area (TPSA) is 99.7 Å². The second-order valence-electron chi connectivity index (χ2n) is 7.31. The zero-order valence-corrected chi connectivity index (χ0v) is 17.2. The lowest BCUT2D eigenvalue weighted by atomic mass is 10.2. The second kappa shape index (κ2) is 7.89. The Balaban J connectivity index is 1.47. The van der Waals surface area contributed by atoms with Crippen molar-refractivity contribution in [1.82, 2.24) is 19.5 Å². The Morgan fingerprint density at radius 1 is 1.28 bits per heavy atom. The lowest BCUT2D eigenvalue weighted by molar-refractivity contribution is -0.133. The summed E-state index contributed by atoms with van der Waals surface area (Å²) >= 11 is 6.23. The van der Waals surface area contributed by atoms with Crippen molar-refractivity contribution in [3.63, 3.8) is 0 Å². The summed E-state index contributed by atoms with van der Waals surface area (Å²) in [6, 6.07) is 4.67. The molecule has 1 N–H and O–H groups in total. The van der Waals surface area contributed by atoms with Crippen LogP contribution in [0.5, 0.6) is 0 Å². The van der Waals surface area contributed by atoms with Crippen LogP contribution in [0.4, 0.5) is 0 Å². The Kier molecular flexibility index (Phi) is 5.46. The Morgan fingerprint density at radius 3 is 2.86 bits per heavy atom. The largest absolute Gasteiger partial charge is 0.350 e. The molecule has 1 aromatic heterocycles. The van der Waals surface area contributed by atoms with E-state index in [9.17, 15) is 18.0 Å². The highest BCUT2D eigenvalue weighted by molar-refractivity contribution is 7.89. The molecule has 3 heterocycles. The van der Waals surface area contributed by atoms with Gasteiger partial charge in [-0.3, -0.25) is 14.6 Å². The standard InChI is InChI=1S/C19H21ClN4O4S/c20-15-10-21-9-13-3-1-4-16(19(13)15)29(27,28)24-8-6-14(11-24)22-17(25)12-23-7-2-5-18(23)26/h1,3-4,9-10,14H,2,5-8,11-12H2,(H,22,25). The molecular formula is C19H21ClN4O4S. The van der Waals surface area contributed by atoms with Crippen LogP contribution in [0.3, 0.4) is 0 Å². The minimum Gasteiger partial charge on any atom is -0.350 e. The van der Waals surface area contributed by atoms with Gasteiger partial charge in [0.15, 0.2) is 0 Å². The summed E-state index contributed by atoms with van der Waals surface area (Å²) in [6.07, 6.45) is 4.76. The summed E-state index contributed by atoms with van der Waals surface area (Å²) in [7, 11) is -3.78. The number of hydrogen-bond donors (Lipinski definition) is 1. The Bertz CT molecular complexity index is 1070. The van der Waals surface area contributed by atoms with Crippen molar-refractivity contribution >= 4 is 44.2 Å². The van der Waals surface area contributed by atoms with Gasteiger partial charge in [-0.2, -0.15) is 4.31 Å². The van der Waals surface area contributed by atoms with Crippen LogP contribution in [0.2, 0.25) is 5.02 Å². The third-order valence-electron chi connectivity index (χ3n) is 5.34. The molecule has 10 heteroatoms. The van der Waals surface area contributed by atoms with Gasteiger partial charge in [0.05, 0.1) is 16.5 Å². The van der Waals surface area contributed by atoms with E-state index in [0.717, 1.165) is 6.42 Å². The predicted molar refractivity (Wildman–Crippen MR) is 108 cm³/mol. The van der Waals surface area contributed by atoms with E-state index in [1.807, 2.05) is 0 Å². The minimum atomic E-state index is -3.78. The summed E-state index contributed by atoms with van der Waals surface area (Å²) < 4.78 is 27.8. The number of nitrogens with one attached hydrogen (secondary N) is 1. The fourth-order valence-electron chi connectivity index (χ4n) is 3.90. The zero-order chi connectivity index (χ0) is 20.6. The van der Waals surface area contributed by atoms with E-state index >= 15 is 0 Å². The Hall–Kier alpha value is -2.23. The maximum absolute atomic E-state index is 13.2. The first-order chi connectivity index (χ1) is 13.9. The summed E-state index contributed by atoms with van der Waals surface area (Å²) in [5.41, 5.74) is 0. The molecule has 29 heavy (non-hydrogen) atoms. The predicted octanol–water partition coefficient (Wildman–Crippen LogP) is 1.39. The van der Waals surface area contributed by atoms with Gasteiger partial charge in [-0.1, -0.05) is 23.7 Å². The number of nitrogens with zero attached hydrogens (tertiary/aromatic N) is 3. The van der Waals surface area contributed by atoms with E-state index in [1.165, 1.54) is 21.5 Å². The number of amides is 2. The third kappa shape index (κ3) is 3.94. The maximum Gasteiger partial charge on any atom is 0.243 e. The van der Waals surface area contributed by atoms with Gasteiger partial charge in [0.25, 0.3) is 0 Å². The lowest BCUT2D eigenvalue weighted by Gasteiger charge is -2.20. The van der Waals surface area contributed by atoms with E-state index < -0.39 is 10.0 Å². The SMILES string of the molecule is O=C(CN1CCCC1=O)NC1CCN(S(=O)(=O)c2cccc3cncc(Cl)c23)C1. The number of likely N-dealkylation sites (tertiary alicyclic amines) is 1.